The Labute approximate surface area is 153 Å². The number of fused-ring (bicyclic) bond motifs is 1. The van der Waals surface area contributed by atoms with Gasteiger partial charge in [-0.15, -0.1) is 0 Å². The van der Waals surface area contributed by atoms with E-state index in [0.29, 0.717) is 17.8 Å². The summed E-state index contributed by atoms with van der Waals surface area (Å²) in [5.41, 5.74) is 3.97. The Morgan fingerprint density at radius 3 is 2.08 bits per heavy atom. The summed E-state index contributed by atoms with van der Waals surface area (Å²) in [4.78, 5) is 2.21. The molecular weight excluding hydrogens is 335 g/mol. The Bertz CT molecular complexity index is 762. The third-order valence-electron chi connectivity index (χ3n) is 5.83. The first kappa shape index (κ1) is 19.0. The fourth-order valence-electron chi connectivity index (χ4n) is 4.07. The number of nitrogens with zero attached hydrogens (tertiary/aromatic N) is 1. The number of alkyl halides is 3. The van der Waals surface area contributed by atoms with Crippen molar-refractivity contribution < 1.29 is 13.2 Å². The molecule has 0 bridgehead atoms. The summed E-state index contributed by atoms with van der Waals surface area (Å²) in [6, 6.07) is 11.9. The lowest BCUT2D eigenvalue weighted by atomic mass is 9.87. The van der Waals surface area contributed by atoms with E-state index in [2.05, 4.69) is 51.0 Å². The average Bonchev–Trinajstić information content (AvgIpc) is 2.83. The zero-order valence-corrected chi connectivity index (χ0v) is 15.8. The van der Waals surface area contributed by atoms with Gasteiger partial charge in [0, 0.05) is 0 Å². The van der Waals surface area contributed by atoms with Crippen molar-refractivity contribution in [2.75, 3.05) is 20.6 Å². The van der Waals surface area contributed by atoms with E-state index < -0.39 is 11.7 Å². The molecule has 4 heteroatoms. The van der Waals surface area contributed by atoms with Crippen LogP contribution in [0, 0.1) is 5.92 Å². The highest BCUT2D eigenvalue weighted by Crippen LogP contribution is 2.48. The van der Waals surface area contributed by atoms with Crippen molar-refractivity contribution in [3.63, 3.8) is 0 Å². The highest BCUT2D eigenvalue weighted by molar-refractivity contribution is 5.66. The Hall–Kier alpha value is -1.81. The molecule has 0 heterocycles. The predicted octanol–water partition coefficient (Wildman–Crippen LogP) is 6.16. The number of hydrogen-bond acceptors (Lipinski definition) is 1. The van der Waals surface area contributed by atoms with Crippen LogP contribution in [0.25, 0.3) is 11.1 Å². The Kier molecular flexibility index (Phi) is 5.16. The lowest BCUT2D eigenvalue weighted by Gasteiger charge is -2.21. The Morgan fingerprint density at radius 2 is 1.50 bits per heavy atom. The quantitative estimate of drug-likeness (QED) is 0.630. The molecule has 0 amide bonds. The smallest absolute Gasteiger partial charge is 0.309 e. The van der Waals surface area contributed by atoms with Crippen molar-refractivity contribution in [1.82, 2.24) is 4.90 Å². The van der Waals surface area contributed by atoms with Crippen LogP contribution in [-0.4, -0.2) is 25.5 Å². The number of halogens is 3. The van der Waals surface area contributed by atoms with Gasteiger partial charge in [-0.3, -0.25) is 0 Å². The van der Waals surface area contributed by atoms with Crippen LogP contribution in [0.2, 0.25) is 0 Å². The maximum atomic E-state index is 12.8. The van der Waals surface area contributed by atoms with Crippen LogP contribution in [0.1, 0.15) is 48.8 Å². The highest BCUT2D eigenvalue weighted by Gasteiger charge is 2.35. The third-order valence-corrected chi connectivity index (χ3v) is 5.83. The van der Waals surface area contributed by atoms with Gasteiger partial charge in [-0.25, -0.2) is 0 Å². The topological polar surface area (TPSA) is 3.24 Å². The lowest BCUT2D eigenvalue weighted by molar-refractivity contribution is -0.137. The fraction of sp³-hybridized carbons (Fsp3) is 0.455. The zero-order valence-electron chi connectivity index (χ0n) is 15.8. The van der Waals surface area contributed by atoms with Gasteiger partial charge in [0.1, 0.15) is 0 Å². The molecule has 2 aromatic rings. The molecular formula is C22H26F3N. The van der Waals surface area contributed by atoms with Crippen molar-refractivity contribution >= 4 is 0 Å². The van der Waals surface area contributed by atoms with Crippen molar-refractivity contribution in [2.45, 2.75) is 38.3 Å². The van der Waals surface area contributed by atoms with Crippen LogP contribution in [0.5, 0.6) is 0 Å². The van der Waals surface area contributed by atoms with Crippen LogP contribution in [0.4, 0.5) is 13.2 Å². The number of benzene rings is 2. The number of rotatable bonds is 4. The minimum Gasteiger partial charge on any atom is -0.309 e. The van der Waals surface area contributed by atoms with Crippen LogP contribution in [0.3, 0.4) is 0 Å². The molecule has 0 saturated heterocycles. The second kappa shape index (κ2) is 7.07. The van der Waals surface area contributed by atoms with Gasteiger partial charge in [0.15, 0.2) is 0 Å². The summed E-state index contributed by atoms with van der Waals surface area (Å²) in [6.07, 6.45) is -3.16. The van der Waals surface area contributed by atoms with Crippen LogP contribution >= 0.6 is 0 Å². The van der Waals surface area contributed by atoms with Gasteiger partial charge < -0.3 is 4.90 Å². The molecule has 0 fully saturated rings. The first-order valence-corrected chi connectivity index (χ1v) is 9.14. The molecule has 1 aliphatic carbocycles. The van der Waals surface area contributed by atoms with E-state index in [9.17, 15) is 13.2 Å². The van der Waals surface area contributed by atoms with Crippen molar-refractivity contribution in [1.29, 1.82) is 0 Å². The maximum Gasteiger partial charge on any atom is 0.416 e. The van der Waals surface area contributed by atoms with Gasteiger partial charge in [-0.2, -0.15) is 13.2 Å². The summed E-state index contributed by atoms with van der Waals surface area (Å²) < 4.78 is 38.3. The first-order chi connectivity index (χ1) is 12.2. The van der Waals surface area contributed by atoms with Crippen LogP contribution < -0.4 is 0 Å². The van der Waals surface area contributed by atoms with Crippen molar-refractivity contribution in [3.05, 3.63) is 59.2 Å². The second-order valence-electron chi connectivity index (χ2n) is 7.77. The summed E-state index contributed by atoms with van der Waals surface area (Å²) in [7, 11) is 4.19. The number of hydrogen-bond donors (Lipinski definition) is 0. The first-order valence-electron chi connectivity index (χ1n) is 9.14. The minimum atomic E-state index is -4.29. The predicted molar refractivity (Wildman–Crippen MR) is 100 cm³/mol. The van der Waals surface area contributed by atoms with Gasteiger partial charge in [-0.1, -0.05) is 44.2 Å². The second-order valence-corrected chi connectivity index (χ2v) is 7.77. The highest BCUT2D eigenvalue weighted by atomic mass is 19.4. The van der Waals surface area contributed by atoms with Gasteiger partial charge >= 0.3 is 6.18 Å². The molecule has 1 nitrogen and oxygen atoms in total. The molecule has 3 rings (SSSR count). The molecule has 2 unspecified atom stereocenters. The van der Waals surface area contributed by atoms with Crippen LogP contribution in [0.15, 0.2) is 42.5 Å². The van der Waals surface area contributed by atoms with Crippen LogP contribution in [-0.2, 0) is 6.18 Å². The van der Waals surface area contributed by atoms with Crippen molar-refractivity contribution in [3.8, 4) is 11.1 Å². The Balaban J connectivity index is 1.89. The monoisotopic (exact) mass is 361 g/mol. The van der Waals surface area contributed by atoms with Gasteiger partial charge in [-0.05, 0) is 79.2 Å². The van der Waals surface area contributed by atoms with Gasteiger partial charge in [0.25, 0.3) is 0 Å². The molecule has 0 aromatic heterocycles. The molecule has 3 atom stereocenters. The molecule has 0 aliphatic heterocycles. The molecule has 0 spiro atoms. The van der Waals surface area contributed by atoms with E-state index in [1.54, 1.807) is 12.1 Å². The van der Waals surface area contributed by atoms with E-state index in [1.165, 1.54) is 11.1 Å². The van der Waals surface area contributed by atoms with E-state index in [1.807, 2.05) is 0 Å². The van der Waals surface area contributed by atoms with Gasteiger partial charge in [0.2, 0.25) is 0 Å². The zero-order chi connectivity index (χ0) is 19.1. The SMILES string of the molecule is CC1c2cc(-c3ccc(C(F)(F)F)cc3)ccc2C(CCN(C)C)[C@@H]1C. The summed E-state index contributed by atoms with van der Waals surface area (Å²) in [5.74, 6) is 1.59. The lowest BCUT2D eigenvalue weighted by Crippen LogP contribution is -2.17. The molecule has 0 N–H and O–H groups in total. The normalized spacial score (nSPS) is 22.7. The molecule has 0 radical (unpaired) electrons. The molecule has 140 valence electrons. The largest absolute Gasteiger partial charge is 0.416 e. The van der Waals surface area contributed by atoms with E-state index in [4.69, 9.17) is 0 Å². The van der Waals surface area contributed by atoms with Gasteiger partial charge in [0.05, 0.1) is 5.56 Å². The summed E-state index contributed by atoms with van der Waals surface area (Å²) in [6.45, 7) is 5.63. The standard InChI is InChI=1S/C22H26F3N/c1-14-15(2)21-13-17(7-10-20(21)19(14)11-12-26(3)4)16-5-8-18(9-6-16)22(23,24)25/h5-10,13-15,19H,11-12H2,1-4H3/t14-,15?,19?/m1/s1. The van der Waals surface area contributed by atoms with E-state index in [0.717, 1.165) is 36.2 Å². The van der Waals surface area contributed by atoms with E-state index in [-0.39, 0.29) is 0 Å². The summed E-state index contributed by atoms with van der Waals surface area (Å²) >= 11 is 0. The fourth-order valence-corrected chi connectivity index (χ4v) is 4.07. The molecule has 1 aliphatic rings. The molecule has 0 saturated carbocycles. The maximum absolute atomic E-state index is 12.8. The molecule has 26 heavy (non-hydrogen) atoms. The third kappa shape index (κ3) is 3.66. The van der Waals surface area contributed by atoms with E-state index >= 15 is 0 Å². The average molecular weight is 361 g/mol. The molecule has 2 aromatic carbocycles. The summed E-state index contributed by atoms with van der Waals surface area (Å²) in [5, 5.41) is 0. The Morgan fingerprint density at radius 1 is 0.885 bits per heavy atom. The minimum absolute atomic E-state index is 0.464. The van der Waals surface area contributed by atoms with Crippen molar-refractivity contribution in [2.24, 2.45) is 5.92 Å².